The number of thioether (sulfide) groups is 1. The second-order valence-electron chi connectivity index (χ2n) is 4.85. The van der Waals surface area contributed by atoms with Crippen LogP contribution in [-0.4, -0.2) is 41.1 Å². The molecule has 17 heavy (non-hydrogen) atoms. The topological polar surface area (TPSA) is 23.5 Å². The smallest absolute Gasteiger partial charge is 0.0917 e. The Balaban J connectivity index is 2.00. The average molecular weight is 251 g/mol. The Kier molecular flexibility index (Phi) is 4.48. The lowest BCUT2D eigenvalue weighted by molar-refractivity contribution is 0.119. The highest BCUT2D eigenvalue weighted by Gasteiger charge is 2.16. The van der Waals surface area contributed by atoms with E-state index in [2.05, 4.69) is 36.9 Å². The predicted molar refractivity (Wildman–Crippen MR) is 74.6 cm³/mol. The number of aliphatic hydroxyl groups excluding tert-OH is 1. The standard InChI is InChI=1S/C14H21NOS/c1-11-7-12(2)9-13(8-11)14(16)10-15-3-5-17-6-4-15/h7-9,14,16H,3-6,10H2,1-2H3. The molecule has 1 heterocycles. The number of β-amino-alcohol motifs (C(OH)–C–C–N with tert-alkyl or cyclic N) is 1. The molecule has 3 heteroatoms. The molecule has 2 nitrogen and oxygen atoms in total. The van der Waals surface area contributed by atoms with Crippen LogP contribution in [0.4, 0.5) is 0 Å². The van der Waals surface area contributed by atoms with Crippen molar-refractivity contribution in [2.24, 2.45) is 0 Å². The molecule has 1 saturated heterocycles. The summed E-state index contributed by atoms with van der Waals surface area (Å²) in [5, 5.41) is 10.3. The molecule has 0 aliphatic carbocycles. The molecule has 1 aromatic carbocycles. The van der Waals surface area contributed by atoms with E-state index in [4.69, 9.17) is 0 Å². The number of rotatable bonds is 3. The number of aryl methyl sites for hydroxylation is 2. The molecule has 2 rings (SSSR count). The maximum Gasteiger partial charge on any atom is 0.0917 e. The highest BCUT2D eigenvalue weighted by atomic mass is 32.2. The van der Waals surface area contributed by atoms with Crippen LogP contribution >= 0.6 is 11.8 Å². The van der Waals surface area contributed by atoms with Gasteiger partial charge in [-0.2, -0.15) is 11.8 Å². The van der Waals surface area contributed by atoms with Crippen molar-refractivity contribution < 1.29 is 5.11 Å². The van der Waals surface area contributed by atoms with E-state index in [0.717, 1.165) is 25.2 Å². The lowest BCUT2D eigenvalue weighted by atomic mass is 10.0. The SMILES string of the molecule is Cc1cc(C)cc(C(O)CN2CCSCC2)c1. The number of hydrogen-bond acceptors (Lipinski definition) is 3. The van der Waals surface area contributed by atoms with Crippen LogP contribution in [0.5, 0.6) is 0 Å². The molecule has 0 radical (unpaired) electrons. The zero-order chi connectivity index (χ0) is 12.3. The second kappa shape index (κ2) is 5.89. The van der Waals surface area contributed by atoms with E-state index in [1.807, 2.05) is 11.8 Å². The van der Waals surface area contributed by atoms with Crippen LogP contribution in [0.1, 0.15) is 22.8 Å². The van der Waals surface area contributed by atoms with Gasteiger partial charge in [0.1, 0.15) is 0 Å². The average Bonchev–Trinajstić information content (AvgIpc) is 2.29. The zero-order valence-electron chi connectivity index (χ0n) is 10.6. The van der Waals surface area contributed by atoms with Gasteiger partial charge in [0.05, 0.1) is 6.10 Å². The number of benzene rings is 1. The van der Waals surface area contributed by atoms with Gasteiger partial charge >= 0.3 is 0 Å². The Bertz CT molecular complexity index is 354. The molecule has 1 fully saturated rings. The molecule has 1 N–H and O–H groups in total. The van der Waals surface area contributed by atoms with Crippen molar-refractivity contribution in [3.8, 4) is 0 Å². The van der Waals surface area contributed by atoms with Gasteiger partial charge in [-0.25, -0.2) is 0 Å². The first-order chi connectivity index (χ1) is 8.15. The maximum atomic E-state index is 10.3. The minimum Gasteiger partial charge on any atom is -0.387 e. The lowest BCUT2D eigenvalue weighted by Gasteiger charge is -2.28. The van der Waals surface area contributed by atoms with Gasteiger partial charge < -0.3 is 5.11 Å². The summed E-state index contributed by atoms with van der Waals surface area (Å²) in [5.41, 5.74) is 3.52. The molecule has 1 aliphatic rings. The summed E-state index contributed by atoms with van der Waals surface area (Å²) in [4.78, 5) is 2.36. The monoisotopic (exact) mass is 251 g/mol. The molecule has 0 spiro atoms. The molecule has 1 aliphatic heterocycles. The third-order valence-electron chi connectivity index (χ3n) is 3.16. The summed E-state index contributed by atoms with van der Waals surface area (Å²) < 4.78 is 0. The molecule has 1 atom stereocenters. The Hall–Kier alpha value is -0.510. The Morgan fingerprint density at radius 2 is 1.76 bits per heavy atom. The Morgan fingerprint density at radius 3 is 2.35 bits per heavy atom. The zero-order valence-corrected chi connectivity index (χ0v) is 11.5. The van der Waals surface area contributed by atoms with Gasteiger partial charge in [0.15, 0.2) is 0 Å². The first-order valence-corrected chi connectivity index (χ1v) is 7.37. The third kappa shape index (κ3) is 3.73. The van der Waals surface area contributed by atoms with Gasteiger partial charge in [0.25, 0.3) is 0 Å². The largest absolute Gasteiger partial charge is 0.387 e. The maximum absolute atomic E-state index is 10.3. The van der Waals surface area contributed by atoms with Crippen molar-refractivity contribution in [3.05, 3.63) is 34.9 Å². The number of hydrogen-bond donors (Lipinski definition) is 1. The Labute approximate surface area is 108 Å². The molecule has 0 saturated carbocycles. The molecule has 0 amide bonds. The summed E-state index contributed by atoms with van der Waals surface area (Å²) in [7, 11) is 0. The highest BCUT2D eigenvalue weighted by molar-refractivity contribution is 7.99. The molecule has 1 aromatic rings. The fourth-order valence-electron chi connectivity index (χ4n) is 2.34. The van der Waals surface area contributed by atoms with Crippen molar-refractivity contribution in [2.45, 2.75) is 20.0 Å². The van der Waals surface area contributed by atoms with Gasteiger partial charge in [0.2, 0.25) is 0 Å². The minimum absolute atomic E-state index is 0.350. The summed E-state index contributed by atoms with van der Waals surface area (Å²) in [6, 6.07) is 6.33. The van der Waals surface area contributed by atoms with Crippen molar-refractivity contribution in [1.82, 2.24) is 4.90 Å². The summed E-state index contributed by atoms with van der Waals surface area (Å²) in [5.74, 6) is 2.39. The van der Waals surface area contributed by atoms with Crippen molar-refractivity contribution in [1.29, 1.82) is 0 Å². The quantitative estimate of drug-likeness (QED) is 0.892. The molecular formula is C14H21NOS. The molecule has 0 bridgehead atoms. The van der Waals surface area contributed by atoms with E-state index < -0.39 is 0 Å². The molecule has 94 valence electrons. The summed E-state index contributed by atoms with van der Waals surface area (Å²) >= 11 is 2.00. The molecular weight excluding hydrogens is 230 g/mol. The van der Waals surface area contributed by atoms with Crippen molar-refractivity contribution in [2.75, 3.05) is 31.1 Å². The Morgan fingerprint density at radius 1 is 1.18 bits per heavy atom. The van der Waals surface area contributed by atoms with E-state index in [9.17, 15) is 5.11 Å². The summed E-state index contributed by atoms with van der Waals surface area (Å²) in [6.45, 7) is 7.14. The predicted octanol–water partition coefficient (Wildman–Crippen LogP) is 2.39. The van der Waals surface area contributed by atoms with E-state index in [0.29, 0.717) is 0 Å². The molecule has 0 aromatic heterocycles. The summed E-state index contributed by atoms with van der Waals surface area (Å²) in [6.07, 6.45) is -0.350. The van der Waals surface area contributed by atoms with E-state index in [1.165, 1.54) is 22.6 Å². The minimum atomic E-state index is -0.350. The van der Waals surface area contributed by atoms with E-state index in [-0.39, 0.29) is 6.10 Å². The molecule has 1 unspecified atom stereocenters. The van der Waals surface area contributed by atoms with Crippen LogP contribution in [0, 0.1) is 13.8 Å². The van der Waals surface area contributed by atoms with E-state index >= 15 is 0 Å². The highest BCUT2D eigenvalue weighted by Crippen LogP contribution is 2.19. The fourth-order valence-corrected chi connectivity index (χ4v) is 3.31. The van der Waals surface area contributed by atoms with Crippen LogP contribution in [0.2, 0.25) is 0 Å². The number of aliphatic hydroxyl groups is 1. The van der Waals surface area contributed by atoms with Crippen molar-refractivity contribution >= 4 is 11.8 Å². The van der Waals surface area contributed by atoms with E-state index in [1.54, 1.807) is 0 Å². The van der Waals surface area contributed by atoms with Gasteiger partial charge in [-0.05, 0) is 19.4 Å². The van der Waals surface area contributed by atoms with Crippen molar-refractivity contribution in [3.63, 3.8) is 0 Å². The van der Waals surface area contributed by atoms with Gasteiger partial charge in [-0.1, -0.05) is 29.3 Å². The van der Waals surface area contributed by atoms with Crippen LogP contribution in [0.25, 0.3) is 0 Å². The first kappa shape index (κ1) is 12.9. The van der Waals surface area contributed by atoms with Gasteiger partial charge in [-0.15, -0.1) is 0 Å². The second-order valence-corrected chi connectivity index (χ2v) is 6.07. The van der Waals surface area contributed by atoms with Crippen LogP contribution in [0.3, 0.4) is 0 Å². The third-order valence-corrected chi connectivity index (χ3v) is 4.11. The lowest BCUT2D eigenvalue weighted by Crippen LogP contribution is -2.35. The fraction of sp³-hybridized carbons (Fsp3) is 0.571. The van der Waals surface area contributed by atoms with Gasteiger partial charge in [0, 0.05) is 31.1 Å². The van der Waals surface area contributed by atoms with Gasteiger partial charge in [-0.3, -0.25) is 4.90 Å². The first-order valence-electron chi connectivity index (χ1n) is 6.21. The van der Waals surface area contributed by atoms with Crippen LogP contribution in [0.15, 0.2) is 18.2 Å². The number of nitrogens with zero attached hydrogens (tertiary/aromatic N) is 1. The van der Waals surface area contributed by atoms with Crippen LogP contribution < -0.4 is 0 Å². The van der Waals surface area contributed by atoms with Crippen LogP contribution in [-0.2, 0) is 0 Å². The normalized spacial score (nSPS) is 19.2.